The minimum atomic E-state index is -3.77. The second-order valence-corrected chi connectivity index (χ2v) is 9.26. The molecule has 0 spiro atoms. The van der Waals surface area contributed by atoms with Gasteiger partial charge in [-0.1, -0.05) is 18.6 Å². The Morgan fingerprint density at radius 3 is 2.50 bits per heavy atom. The molecule has 0 aliphatic carbocycles. The Labute approximate surface area is 177 Å². The van der Waals surface area contributed by atoms with Crippen LogP contribution in [-0.2, 0) is 21.2 Å². The maximum atomic E-state index is 13.2. The van der Waals surface area contributed by atoms with Crippen LogP contribution in [0.5, 0.6) is 5.75 Å². The molecule has 0 aromatic heterocycles. The van der Waals surface area contributed by atoms with Crippen LogP contribution in [0.15, 0.2) is 53.4 Å². The zero-order valence-electron chi connectivity index (χ0n) is 17.0. The maximum absolute atomic E-state index is 13.2. The zero-order valence-corrected chi connectivity index (χ0v) is 17.8. The number of hydrogen-bond acceptors (Lipinski definition) is 4. The fourth-order valence-electron chi connectivity index (χ4n) is 3.66. The first-order chi connectivity index (χ1) is 14.4. The Balaban J connectivity index is 1.57. The molecule has 3 rings (SSSR count). The van der Waals surface area contributed by atoms with Gasteiger partial charge in [-0.2, -0.15) is 4.31 Å². The Morgan fingerprint density at radius 2 is 1.83 bits per heavy atom. The molecule has 1 aliphatic rings. The second kappa shape index (κ2) is 10.0. The van der Waals surface area contributed by atoms with Crippen molar-refractivity contribution >= 4 is 15.9 Å². The summed E-state index contributed by atoms with van der Waals surface area (Å²) in [5.74, 6) is 0.123. The number of hydrogen-bond donors (Lipinski definition) is 1. The van der Waals surface area contributed by atoms with Crippen molar-refractivity contribution in [3.63, 3.8) is 0 Å². The number of nitrogens with one attached hydrogen (secondary N) is 1. The second-order valence-electron chi connectivity index (χ2n) is 7.37. The molecular formula is C22H27FN2O4S. The smallest absolute Gasteiger partial charge is 0.243 e. The summed E-state index contributed by atoms with van der Waals surface area (Å²) in [4.78, 5) is 12.5. The number of carbonyl (C=O) groups excluding carboxylic acids is 1. The Bertz CT molecular complexity index is 946. The minimum absolute atomic E-state index is 0.0516. The Hall–Kier alpha value is -2.45. The van der Waals surface area contributed by atoms with E-state index in [1.54, 1.807) is 7.11 Å². The van der Waals surface area contributed by atoms with Crippen molar-refractivity contribution < 1.29 is 22.3 Å². The molecule has 1 amide bonds. The molecule has 0 radical (unpaired) electrons. The summed E-state index contributed by atoms with van der Waals surface area (Å²) in [7, 11) is -2.16. The van der Waals surface area contributed by atoms with E-state index >= 15 is 0 Å². The molecule has 2 aromatic rings. The molecular weight excluding hydrogens is 407 g/mol. The summed E-state index contributed by atoms with van der Waals surface area (Å²) in [5, 5.41) is 2.89. The molecule has 2 aromatic carbocycles. The molecule has 1 N–H and O–H groups in total. The quantitative estimate of drug-likeness (QED) is 0.693. The van der Waals surface area contributed by atoms with Crippen molar-refractivity contribution in [2.75, 3.05) is 20.2 Å². The maximum Gasteiger partial charge on any atom is 0.243 e. The summed E-state index contributed by atoms with van der Waals surface area (Å²) in [6.45, 7) is 0.839. The van der Waals surface area contributed by atoms with Crippen LogP contribution < -0.4 is 10.1 Å². The van der Waals surface area contributed by atoms with Crippen molar-refractivity contribution in [2.24, 2.45) is 0 Å². The van der Waals surface area contributed by atoms with Gasteiger partial charge in [0.15, 0.2) is 0 Å². The third kappa shape index (κ3) is 5.58. The number of benzene rings is 2. The Morgan fingerprint density at radius 1 is 1.13 bits per heavy atom. The highest BCUT2D eigenvalue weighted by Gasteiger charge is 2.34. The van der Waals surface area contributed by atoms with Crippen molar-refractivity contribution in [2.45, 2.75) is 43.0 Å². The molecule has 30 heavy (non-hydrogen) atoms. The van der Waals surface area contributed by atoms with Gasteiger partial charge >= 0.3 is 0 Å². The molecule has 0 saturated carbocycles. The lowest BCUT2D eigenvalue weighted by atomic mass is 10.0. The molecule has 6 nitrogen and oxygen atoms in total. The van der Waals surface area contributed by atoms with Gasteiger partial charge in [0.05, 0.1) is 12.0 Å². The van der Waals surface area contributed by atoms with E-state index in [0.717, 1.165) is 36.3 Å². The molecule has 1 heterocycles. The monoisotopic (exact) mass is 434 g/mol. The first kappa shape index (κ1) is 22.2. The van der Waals surface area contributed by atoms with Gasteiger partial charge < -0.3 is 10.1 Å². The number of rotatable bonds is 8. The van der Waals surface area contributed by atoms with Gasteiger partial charge in [0.1, 0.15) is 11.6 Å². The minimum Gasteiger partial charge on any atom is -0.497 e. The molecule has 1 fully saturated rings. The van der Waals surface area contributed by atoms with E-state index in [1.165, 1.54) is 16.4 Å². The summed E-state index contributed by atoms with van der Waals surface area (Å²) in [5.41, 5.74) is 1.08. The van der Waals surface area contributed by atoms with Crippen LogP contribution in [0.1, 0.15) is 31.2 Å². The van der Waals surface area contributed by atoms with Gasteiger partial charge in [-0.3, -0.25) is 4.79 Å². The molecule has 1 saturated heterocycles. The zero-order chi connectivity index (χ0) is 21.6. The number of ether oxygens (including phenoxy) is 1. The van der Waals surface area contributed by atoms with Gasteiger partial charge in [0.25, 0.3) is 0 Å². The molecule has 8 heteroatoms. The molecule has 1 unspecified atom stereocenters. The van der Waals surface area contributed by atoms with Crippen LogP contribution in [0.2, 0.25) is 0 Å². The number of methoxy groups -OCH3 is 1. The van der Waals surface area contributed by atoms with Crippen molar-refractivity contribution in [3.8, 4) is 5.75 Å². The van der Waals surface area contributed by atoms with Crippen LogP contribution in [0.4, 0.5) is 4.39 Å². The fourth-order valence-corrected chi connectivity index (χ4v) is 5.35. The highest BCUT2D eigenvalue weighted by Crippen LogP contribution is 2.27. The first-order valence-corrected chi connectivity index (χ1v) is 11.5. The number of nitrogens with zero attached hydrogens (tertiary/aromatic N) is 1. The van der Waals surface area contributed by atoms with Crippen molar-refractivity contribution in [3.05, 3.63) is 59.9 Å². The molecule has 162 valence electrons. The highest BCUT2D eigenvalue weighted by molar-refractivity contribution is 7.89. The predicted octanol–water partition coefficient (Wildman–Crippen LogP) is 3.13. The predicted molar refractivity (Wildman–Crippen MR) is 112 cm³/mol. The molecule has 1 aliphatic heterocycles. The number of amides is 1. The first-order valence-electron chi connectivity index (χ1n) is 10.1. The van der Waals surface area contributed by atoms with Gasteiger partial charge in [-0.05, 0) is 61.2 Å². The SMILES string of the molecule is COc1ccc(CCNC(=O)CC2CCCCN2S(=O)(=O)c2ccc(F)cc2)cc1. The van der Waals surface area contributed by atoms with Crippen LogP contribution in [-0.4, -0.2) is 44.9 Å². The largest absolute Gasteiger partial charge is 0.497 e. The van der Waals surface area contributed by atoms with Crippen LogP contribution in [0.25, 0.3) is 0 Å². The van der Waals surface area contributed by atoms with E-state index < -0.39 is 21.9 Å². The van der Waals surface area contributed by atoms with E-state index in [0.29, 0.717) is 25.9 Å². The van der Waals surface area contributed by atoms with Crippen LogP contribution >= 0.6 is 0 Å². The van der Waals surface area contributed by atoms with E-state index in [4.69, 9.17) is 4.74 Å². The van der Waals surface area contributed by atoms with E-state index in [9.17, 15) is 17.6 Å². The number of halogens is 1. The number of carbonyl (C=O) groups is 1. The third-order valence-corrected chi connectivity index (χ3v) is 7.28. The van der Waals surface area contributed by atoms with Gasteiger partial charge in [0, 0.05) is 25.6 Å². The van der Waals surface area contributed by atoms with Crippen molar-refractivity contribution in [1.82, 2.24) is 9.62 Å². The fraction of sp³-hybridized carbons (Fsp3) is 0.409. The third-order valence-electron chi connectivity index (χ3n) is 5.31. The summed E-state index contributed by atoms with van der Waals surface area (Å²) >= 11 is 0. The van der Waals surface area contributed by atoms with Crippen molar-refractivity contribution in [1.29, 1.82) is 0 Å². The van der Waals surface area contributed by atoms with Gasteiger partial charge in [0.2, 0.25) is 15.9 Å². The molecule has 0 bridgehead atoms. The topological polar surface area (TPSA) is 75.7 Å². The van der Waals surface area contributed by atoms with Crippen LogP contribution in [0.3, 0.4) is 0 Å². The molecule has 1 atom stereocenters. The van der Waals surface area contributed by atoms with Gasteiger partial charge in [-0.15, -0.1) is 0 Å². The average molecular weight is 435 g/mol. The standard InChI is InChI=1S/C22H27FN2O4S/c1-29-20-9-5-17(6-10-20)13-14-24-22(26)16-19-4-2-3-15-25(19)30(27,28)21-11-7-18(23)8-12-21/h5-12,19H,2-4,13-16H2,1H3,(H,24,26). The van der Waals surface area contributed by atoms with E-state index in [-0.39, 0.29) is 17.2 Å². The Kier molecular flexibility index (Phi) is 7.44. The van der Waals surface area contributed by atoms with Crippen LogP contribution in [0, 0.1) is 5.82 Å². The lowest BCUT2D eigenvalue weighted by molar-refractivity contribution is -0.122. The summed E-state index contributed by atoms with van der Waals surface area (Å²) in [6, 6.07) is 12.1. The lowest BCUT2D eigenvalue weighted by Gasteiger charge is -2.34. The van der Waals surface area contributed by atoms with E-state index in [2.05, 4.69) is 5.32 Å². The van der Waals surface area contributed by atoms with E-state index in [1.807, 2.05) is 24.3 Å². The number of sulfonamides is 1. The highest BCUT2D eigenvalue weighted by atomic mass is 32.2. The lowest BCUT2D eigenvalue weighted by Crippen LogP contribution is -2.46. The number of piperidine rings is 1. The van der Waals surface area contributed by atoms with Gasteiger partial charge in [-0.25, -0.2) is 12.8 Å². The summed E-state index contributed by atoms with van der Waals surface area (Å²) in [6.07, 6.45) is 3.04. The average Bonchev–Trinajstić information content (AvgIpc) is 2.75. The normalized spacial score (nSPS) is 17.5. The summed E-state index contributed by atoms with van der Waals surface area (Å²) < 4.78 is 45.7.